The van der Waals surface area contributed by atoms with Gasteiger partial charge in [-0.15, -0.1) is 24.8 Å². The second kappa shape index (κ2) is 9.01. The van der Waals surface area contributed by atoms with Crippen LogP contribution in [0.5, 0.6) is 0 Å². The van der Waals surface area contributed by atoms with Gasteiger partial charge in [0.2, 0.25) is 5.91 Å². The number of nitrogens with zero attached hydrogens (tertiary/aromatic N) is 1. The van der Waals surface area contributed by atoms with Crippen LogP contribution in [0.25, 0.3) is 0 Å². The standard InChI is InChI=1S/C13H25N3O.2ClH/c1-2-7-16-8-3-4-12(16)13(17)15-9-11(14)10-5-6-10;;/h10-12H,2-9,14H2,1H3,(H,15,17);2*1H. The van der Waals surface area contributed by atoms with Crippen molar-refractivity contribution in [2.75, 3.05) is 19.6 Å². The zero-order valence-electron chi connectivity index (χ0n) is 11.6. The van der Waals surface area contributed by atoms with Gasteiger partial charge in [-0.3, -0.25) is 9.69 Å². The van der Waals surface area contributed by atoms with E-state index in [2.05, 4.69) is 17.1 Å². The maximum atomic E-state index is 12.1. The first-order valence-electron chi connectivity index (χ1n) is 6.99. The van der Waals surface area contributed by atoms with Crippen LogP contribution in [0.3, 0.4) is 0 Å². The number of nitrogens with two attached hydrogens (primary N) is 1. The van der Waals surface area contributed by atoms with E-state index in [1.807, 2.05) is 0 Å². The van der Waals surface area contributed by atoms with Crippen molar-refractivity contribution in [2.24, 2.45) is 11.7 Å². The molecule has 0 aromatic carbocycles. The van der Waals surface area contributed by atoms with Crippen LogP contribution < -0.4 is 11.1 Å². The Morgan fingerprint density at radius 2 is 2.05 bits per heavy atom. The lowest BCUT2D eigenvalue weighted by atomic mass is 10.1. The number of hydrogen-bond acceptors (Lipinski definition) is 3. The fourth-order valence-corrected chi connectivity index (χ4v) is 2.71. The van der Waals surface area contributed by atoms with Crippen LogP contribution in [0.1, 0.15) is 39.0 Å². The third kappa shape index (κ3) is 5.46. The molecule has 1 saturated carbocycles. The highest BCUT2D eigenvalue weighted by Crippen LogP contribution is 2.31. The van der Waals surface area contributed by atoms with E-state index >= 15 is 0 Å². The molecular weight excluding hydrogens is 285 g/mol. The minimum absolute atomic E-state index is 0. The summed E-state index contributed by atoms with van der Waals surface area (Å²) >= 11 is 0. The van der Waals surface area contributed by atoms with Crippen molar-refractivity contribution in [3.63, 3.8) is 0 Å². The van der Waals surface area contributed by atoms with E-state index in [1.165, 1.54) is 12.8 Å². The van der Waals surface area contributed by atoms with Gasteiger partial charge in [-0.05, 0) is 51.1 Å². The van der Waals surface area contributed by atoms with Gasteiger partial charge < -0.3 is 11.1 Å². The van der Waals surface area contributed by atoms with Gasteiger partial charge in [0.25, 0.3) is 0 Å². The molecule has 4 nitrogen and oxygen atoms in total. The third-order valence-corrected chi connectivity index (χ3v) is 3.92. The summed E-state index contributed by atoms with van der Waals surface area (Å²) in [5.74, 6) is 0.845. The Morgan fingerprint density at radius 3 is 2.63 bits per heavy atom. The fourth-order valence-electron chi connectivity index (χ4n) is 2.71. The van der Waals surface area contributed by atoms with Gasteiger partial charge >= 0.3 is 0 Å². The van der Waals surface area contributed by atoms with E-state index in [0.717, 1.165) is 32.4 Å². The molecule has 2 rings (SSSR count). The van der Waals surface area contributed by atoms with Crippen molar-refractivity contribution in [3.8, 4) is 0 Å². The number of nitrogens with one attached hydrogen (secondary N) is 1. The lowest BCUT2D eigenvalue weighted by Crippen LogP contribution is -2.47. The number of carbonyl (C=O) groups is 1. The number of hydrogen-bond donors (Lipinski definition) is 2. The van der Waals surface area contributed by atoms with Crippen molar-refractivity contribution >= 4 is 30.7 Å². The molecule has 2 fully saturated rings. The molecule has 0 aromatic rings. The average Bonchev–Trinajstić information content (AvgIpc) is 3.07. The van der Waals surface area contributed by atoms with E-state index in [1.54, 1.807) is 0 Å². The van der Waals surface area contributed by atoms with Crippen LogP contribution in [0, 0.1) is 5.92 Å². The van der Waals surface area contributed by atoms with Crippen LogP contribution in [-0.2, 0) is 4.79 Å². The molecule has 3 N–H and O–H groups in total. The monoisotopic (exact) mass is 311 g/mol. The van der Waals surface area contributed by atoms with E-state index < -0.39 is 0 Å². The molecular formula is C13H27Cl2N3O. The molecule has 0 radical (unpaired) electrons. The summed E-state index contributed by atoms with van der Waals surface area (Å²) in [6, 6.07) is 0.265. The lowest BCUT2D eigenvalue weighted by Gasteiger charge is -2.23. The van der Waals surface area contributed by atoms with Crippen LogP contribution in [0.2, 0.25) is 0 Å². The quantitative estimate of drug-likeness (QED) is 0.782. The van der Waals surface area contributed by atoms with Crippen molar-refractivity contribution < 1.29 is 4.79 Å². The molecule has 1 aliphatic heterocycles. The van der Waals surface area contributed by atoms with E-state index in [4.69, 9.17) is 5.73 Å². The van der Waals surface area contributed by atoms with Crippen LogP contribution >= 0.6 is 24.8 Å². The van der Waals surface area contributed by atoms with E-state index in [9.17, 15) is 4.79 Å². The van der Waals surface area contributed by atoms with Crippen LogP contribution in [0.15, 0.2) is 0 Å². The highest BCUT2D eigenvalue weighted by molar-refractivity contribution is 5.85. The Kier molecular flexibility index (Phi) is 8.99. The molecule has 0 bridgehead atoms. The lowest BCUT2D eigenvalue weighted by molar-refractivity contribution is -0.125. The predicted octanol–water partition coefficient (Wildman–Crippen LogP) is 1.56. The summed E-state index contributed by atoms with van der Waals surface area (Å²) in [6.45, 7) is 4.92. The molecule has 2 aliphatic rings. The van der Waals surface area contributed by atoms with Crippen molar-refractivity contribution in [3.05, 3.63) is 0 Å². The molecule has 2 atom stereocenters. The van der Waals surface area contributed by atoms with Gasteiger partial charge in [0.1, 0.15) is 0 Å². The zero-order chi connectivity index (χ0) is 12.3. The second-order valence-electron chi connectivity index (χ2n) is 5.44. The molecule has 0 aromatic heterocycles. The number of amides is 1. The Balaban J connectivity index is 0.00000162. The van der Waals surface area contributed by atoms with Crippen molar-refractivity contribution in [2.45, 2.75) is 51.1 Å². The molecule has 1 saturated heterocycles. The van der Waals surface area contributed by atoms with Gasteiger partial charge in [0, 0.05) is 12.6 Å². The number of rotatable bonds is 6. The zero-order valence-corrected chi connectivity index (χ0v) is 13.3. The maximum absolute atomic E-state index is 12.1. The molecule has 1 heterocycles. The molecule has 1 aliphatic carbocycles. The van der Waals surface area contributed by atoms with E-state index in [-0.39, 0.29) is 42.8 Å². The number of likely N-dealkylation sites (tertiary alicyclic amines) is 1. The van der Waals surface area contributed by atoms with Crippen molar-refractivity contribution in [1.29, 1.82) is 0 Å². The molecule has 6 heteroatoms. The summed E-state index contributed by atoms with van der Waals surface area (Å²) in [4.78, 5) is 14.4. The second-order valence-corrected chi connectivity index (χ2v) is 5.44. The van der Waals surface area contributed by atoms with Crippen LogP contribution in [-0.4, -0.2) is 42.5 Å². The smallest absolute Gasteiger partial charge is 0.237 e. The molecule has 114 valence electrons. The molecule has 19 heavy (non-hydrogen) atoms. The van der Waals surface area contributed by atoms with Gasteiger partial charge in [-0.2, -0.15) is 0 Å². The van der Waals surface area contributed by atoms with Gasteiger partial charge in [0.15, 0.2) is 0 Å². The SMILES string of the molecule is CCCN1CCCC1C(=O)NCC(N)C1CC1.Cl.Cl. The van der Waals surface area contributed by atoms with Gasteiger partial charge in [-0.1, -0.05) is 6.92 Å². The minimum Gasteiger partial charge on any atom is -0.353 e. The van der Waals surface area contributed by atoms with Crippen molar-refractivity contribution in [1.82, 2.24) is 10.2 Å². The Morgan fingerprint density at radius 1 is 1.37 bits per heavy atom. The van der Waals surface area contributed by atoms with Crippen LogP contribution in [0.4, 0.5) is 0 Å². The minimum atomic E-state index is 0. The summed E-state index contributed by atoms with van der Waals surface area (Å²) in [5.41, 5.74) is 5.99. The first-order valence-corrected chi connectivity index (χ1v) is 6.99. The molecule has 2 unspecified atom stereocenters. The summed E-state index contributed by atoms with van der Waals surface area (Å²) in [5, 5.41) is 3.03. The Bertz CT molecular complexity index is 275. The predicted molar refractivity (Wildman–Crippen MR) is 83.1 cm³/mol. The largest absolute Gasteiger partial charge is 0.353 e. The van der Waals surface area contributed by atoms with Gasteiger partial charge in [-0.25, -0.2) is 0 Å². The first-order chi connectivity index (χ1) is 8.22. The van der Waals surface area contributed by atoms with E-state index in [0.29, 0.717) is 12.5 Å². The Labute approximate surface area is 128 Å². The van der Waals surface area contributed by atoms with Gasteiger partial charge in [0.05, 0.1) is 6.04 Å². The fraction of sp³-hybridized carbons (Fsp3) is 0.923. The topological polar surface area (TPSA) is 58.4 Å². The normalized spacial score (nSPS) is 24.2. The number of halogens is 2. The highest BCUT2D eigenvalue weighted by atomic mass is 35.5. The average molecular weight is 312 g/mol. The number of carbonyl (C=O) groups excluding carboxylic acids is 1. The summed E-state index contributed by atoms with van der Waals surface area (Å²) < 4.78 is 0. The maximum Gasteiger partial charge on any atom is 0.237 e. The Hall–Kier alpha value is -0.0300. The third-order valence-electron chi connectivity index (χ3n) is 3.92. The highest BCUT2D eigenvalue weighted by Gasteiger charge is 2.32. The molecule has 1 amide bonds. The summed E-state index contributed by atoms with van der Waals surface area (Å²) in [6.07, 6.45) is 5.74. The first kappa shape index (κ1) is 19.0. The molecule has 0 spiro atoms. The summed E-state index contributed by atoms with van der Waals surface area (Å²) in [7, 11) is 0.